The zero-order chi connectivity index (χ0) is 17.9. The molecule has 1 fully saturated rings. The van der Waals surface area contributed by atoms with Crippen LogP contribution in [0.3, 0.4) is 0 Å². The van der Waals surface area contributed by atoms with Crippen molar-refractivity contribution in [3.05, 3.63) is 66.2 Å². The number of benzene rings is 2. The van der Waals surface area contributed by atoms with E-state index in [-0.39, 0.29) is 18.1 Å². The molecular formula is C22H22N2O2. The van der Waals surface area contributed by atoms with Gasteiger partial charge in [-0.05, 0) is 37.8 Å². The van der Waals surface area contributed by atoms with Gasteiger partial charge in [0.15, 0.2) is 0 Å². The van der Waals surface area contributed by atoms with Crippen molar-refractivity contribution in [1.82, 2.24) is 10.3 Å². The summed E-state index contributed by atoms with van der Waals surface area (Å²) in [5.74, 6) is -0.0674. The average molecular weight is 346 g/mol. The number of aliphatic hydroxyl groups is 1. The van der Waals surface area contributed by atoms with E-state index in [0.717, 1.165) is 47.8 Å². The zero-order valence-corrected chi connectivity index (χ0v) is 14.6. The fraction of sp³-hybridized carbons (Fsp3) is 0.273. The highest BCUT2D eigenvalue weighted by molar-refractivity contribution is 6.07. The number of hydrogen-bond donors (Lipinski definition) is 2. The van der Waals surface area contributed by atoms with Gasteiger partial charge in [-0.1, -0.05) is 48.5 Å². The van der Waals surface area contributed by atoms with Gasteiger partial charge in [-0.2, -0.15) is 0 Å². The Hall–Kier alpha value is -2.72. The first kappa shape index (κ1) is 16.7. The van der Waals surface area contributed by atoms with E-state index < -0.39 is 0 Å². The van der Waals surface area contributed by atoms with Crippen LogP contribution in [-0.2, 0) is 0 Å². The van der Waals surface area contributed by atoms with Crippen LogP contribution in [-0.4, -0.2) is 28.1 Å². The fourth-order valence-electron chi connectivity index (χ4n) is 3.60. The van der Waals surface area contributed by atoms with E-state index in [2.05, 4.69) is 5.32 Å². The first-order valence-corrected chi connectivity index (χ1v) is 9.15. The number of carbonyl (C=O) groups excluding carboxylic acids is 1. The Labute approximate surface area is 152 Å². The number of amides is 1. The first-order valence-electron chi connectivity index (χ1n) is 9.15. The zero-order valence-electron chi connectivity index (χ0n) is 14.6. The van der Waals surface area contributed by atoms with Crippen molar-refractivity contribution >= 4 is 16.8 Å². The molecule has 1 aliphatic carbocycles. The highest BCUT2D eigenvalue weighted by Crippen LogP contribution is 2.25. The molecule has 1 amide bonds. The summed E-state index contributed by atoms with van der Waals surface area (Å²) in [5.41, 5.74) is 3.26. The van der Waals surface area contributed by atoms with Crippen LogP contribution in [0.2, 0.25) is 0 Å². The van der Waals surface area contributed by atoms with Crippen LogP contribution in [0.5, 0.6) is 0 Å². The molecule has 0 aliphatic heterocycles. The van der Waals surface area contributed by atoms with E-state index in [4.69, 9.17) is 4.98 Å². The minimum absolute atomic E-state index is 0.0674. The van der Waals surface area contributed by atoms with Gasteiger partial charge in [0.1, 0.15) is 0 Å². The van der Waals surface area contributed by atoms with Gasteiger partial charge in [0.05, 0.1) is 22.9 Å². The molecule has 1 saturated carbocycles. The number of hydrogen-bond acceptors (Lipinski definition) is 3. The Kier molecular flexibility index (Phi) is 4.67. The molecule has 1 aromatic heterocycles. The van der Waals surface area contributed by atoms with Gasteiger partial charge in [-0.3, -0.25) is 4.79 Å². The Morgan fingerprint density at radius 1 is 0.962 bits per heavy atom. The van der Waals surface area contributed by atoms with Gasteiger partial charge in [0.2, 0.25) is 0 Å². The van der Waals surface area contributed by atoms with Crippen molar-refractivity contribution in [1.29, 1.82) is 0 Å². The summed E-state index contributed by atoms with van der Waals surface area (Å²) >= 11 is 0. The van der Waals surface area contributed by atoms with Crippen LogP contribution in [0.15, 0.2) is 60.7 Å². The van der Waals surface area contributed by atoms with Crippen LogP contribution in [0.4, 0.5) is 0 Å². The van der Waals surface area contributed by atoms with Crippen LogP contribution < -0.4 is 5.32 Å². The number of nitrogens with one attached hydrogen (secondary N) is 1. The van der Waals surface area contributed by atoms with Gasteiger partial charge in [-0.25, -0.2) is 4.98 Å². The number of pyridine rings is 1. The minimum atomic E-state index is -0.227. The maximum absolute atomic E-state index is 13.0. The number of nitrogens with zero attached hydrogens (tertiary/aromatic N) is 1. The SMILES string of the molecule is O=C(NC1CCC(O)CC1)c1cc(-c2ccccc2)nc2ccccc12. The summed E-state index contributed by atoms with van der Waals surface area (Å²) in [6, 6.07) is 19.7. The second-order valence-electron chi connectivity index (χ2n) is 6.92. The lowest BCUT2D eigenvalue weighted by Crippen LogP contribution is -2.38. The van der Waals surface area contributed by atoms with E-state index in [9.17, 15) is 9.90 Å². The van der Waals surface area contributed by atoms with Crippen molar-refractivity contribution in [2.45, 2.75) is 37.8 Å². The summed E-state index contributed by atoms with van der Waals surface area (Å²) < 4.78 is 0. The smallest absolute Gasteiger partial charge is 0.252 e. The molecule has 26 heavy (non-hydrogen) atoms. The van der Waals surface area contributed by atoms with Crippen molar-refractivity contribution in [3.63, 3.8) is 0 Å². The highest BCUT2D eigenvalue weighted by Gasteiger charge is 2.22. The van der Waals surface area contributed by atoms with Crippen molar-refractivity contribution in [3.8, 4) is 11.3 Å². The first-order chi connectivity index (χ1) is 12.7. The number of para-hydroxylation sites is 1. The molecule has 4 heteroatoms. The van der Waals surface area contributed by atoms with Gasteiger partial charge >= 0.3 is 0 Å². The Morgan fingerprint density at radius 2 is 1.65 bits per heavy atom. The second kappa shape index (κ2) is 7.26. The molecule has 2 N–H and O–H groups in total. The molecule has 1 aliphatic rings. The Morgan fingerprint density at radius 3 is 2.42 bits per heavy atom. The molecule has 0 radical (unpaired) electrons. The monoisotopic (exact) mass is 346 g/mol. The van der Waals surface area contributed by atoms with E-state index in [0.29, 0.717) is 5.56 Å². The van der Waals surface area contributed by atoms with E-state index in [1.807, 2.05) is 60.7 Å². The second-order valence-corrected chi connectivity index (χ2v) is 6.92. The topological polar surface area (TPSA) is 62.2 Å². The molecule has 132 valence electrons. The lowest BCUT2D eigenvalue weighted by Gasteiger charge is -2.26. The van der Waals surface area contributed by atoms with Gasteiger partial charge in [0, 0.05) is 17.0 Å². The minimum Gasteiger partial charge on any atom is -0.393 e. The fourth-order valence-corrected chi connectivity index (χ4v) is 3.60. The van der Waals surface area contributed by atoms with Crippen molar-refractivity contribution in [2.75, 3.05) is 0 Å². The normalized spacial score (nSPS) is 20.0. The van der Waals surface area contributed by atoms with Crippen LogP contribution in [0.25, 0.3) is 22.2 Å². The molecule has 0 unspecified atom stereocenters. The van der Waals surface area contributed by atoms with Crippen molar-refractivity contribution < 1.29 is 9.90 Å². The Balaban J connectivity index is 1.70. The summed E-state index contributed by atoms with van der Waals surface area (Å²) in [5, 5.41) is 13.7. The molecule has 2 aromatic carbocycles. The molecule has 4 nitrogen and oxygen atoms in total. The third-order valence-electron chi connectivity index (χ3n) is 5.06. The molecular weight excluding hydrogens is 324 g/mol. The highest BCUT2D eigenvalue weighted by atomic mass is 16.3. The molecule has 0 atom stereocenters. The summed E-state index contributed by atoms with van der Waals surface area (Å²) in [4.78, 5) is 17.7. The number of aliphatic hydroxyl groups excluding tert-OH is 1. The summed E-state index contributed by atoms with van der Waals surface area (Å²) in [6.45, 7) is 0. The lowest BCUT2D eigenvalue weighted by atomic mass is 9.93. The van der Waals surface area contributed by atoms with E-state index >= 15 is 0 Å². The van der Waals surface area contributed by atoms with Crippen LogP contribution >= 0.6 is 0 Å². The van der Waals surface area contributed by atoms with Crippen LogP contribution in [0, 0.1) is 0 Å². The quantitative estimate of drug-likeness (QED) is 0.755. The predicted molar refractivity (Wildman–Crippen MR) is 103 cm³/mol. The third-order valence-corrected chi connectivity index (χ3v) is 5.06. The van der Waals surface area contributed by atoms with Gasteiger partial charge < -0.3 is 10.4 Å². The maximum atomic E-state index is 13.0. The summed E-state index contributed by atoms with van der Waals surface area (Å²) in [6.07, 6.45) is 2.91. The Bertz CT molecular complexity index is 916. The van der Waals surface area contributed by atoms with Gasteiger partial charge in [0.25, 0.3) is 5.91 Å². The largest absolute Gasteiger partial charge is 0.393 e. The lowest BCUT2D eigenvalue weighted by molar-refractivity contribution is 0.0869. The van der Waals surface area contributed by atoms with Crippen molar-refractivity contribution in [2.24, 2.45) is 0 Å². The van der Waals surface area contributed by atoms with E-state index in [1.165, 1.54) is 0 Å². The molecule has 0 spiro atoms. The predicted octanol–water partition coefficient (Wildman–Crippen LogP) is 3.94. The molecule has 4 rings (SSSR count). The van der Waals surface area contributed by atoms with E-state index in [1.54, 1.807) is 0 Å². The van der Waals surface area contributed by atoms with Gasteiger partial charge in [-0.15, -0.1) is 0 Å². The molecule has 3 aromatic rings. The standard InChI is InChI=1S/C22H22N2O2/c25-17-12-10-16(11-13-17)23-22(26)19-14-21(15-6-2-1-3-7-15)24-20-9-5-4-8-18(19)20/h1-9,14,16-17,25H,10-13H2,(H,23,26). The molecule has 0 bridgehead atoms. The average Bonchev–Trinajstić information content (AvgIpc) is 2.69. The number of fused-ring (bicyclic) bond motifs is 1. The number of aromatic nitrogens is 1. The number of rotatable bonds is 3. The summed E-state index contributed by atoms with van der Waals surface area (Å²) in [7, 11) is 0. The van der Waals surface area contributed by atoms with Crippen LogP contribution in [0.1, 0.15) is 36.0 Å². The number of carbonyl (C=O) groups is 1. The third kappa shape index (κ3) is 3.46. The maximum Gasteiger partial charge on any atom is 0.252 e. The molecule has 0 saturated heterocycles. The molecule has 1 heterocycles.